The van der Waals surface area contributed by atoms with E-state index in [4.69, 9.17) is 13.9 Å². The lowest BCUT2D eigenvalue weighted by Gasteiger charge is -2.09. The van der Waals surface area contributed by atoms with Gasteiger partial charge in [0.25, 0.3) is 0 Å². The molecule has 0 unspecified atom stereocenters. The van der Waals surface area contributed by atoms with Gasteiger partial charge in [0.15, 0.2) is 0 Å². The van der Waals surface area contributed by atoms with Crippen LogP contribution in [0.15, 0.2) is 57.7 Å². The van der Waals surface area contributed by atoms with E-state index in [1.807, 2.05) is 43.3 Å². The number of ether oxygens (including phenoxy) is 2. The van der Waals surface area contributed by atoms with Crippen molar-refractivity contribution in [3.63, 3.8) is 0 Å². The van der Waals surface area contributed by atoms with E-state index < -0.39 is 5.63 Å². The van der Waals surface area contributed by atoms with E-state index in [9.17, 15) is 9.59 Å². The average molecular weight is 352 g/mol. The van der Waals surface area contributed by atoms with Crippen molar-refractivity contribution in [3.05, 3.63) is 75.6 Å². The summed E-state index contributed by atoms with van der Waals surface area (Å²) in [6, 6.07) is 14.3. The number of fused-ring (bicyclic) bond motifs is 1. The van der Waals surface area contributed by atoms with Gasteiger partial charge in [0, 0.05) is 17.0 Å². The van der Waals surface area contributed by atoms with E-state index in [1.165, 1.54) is 6.07 Å². The third-order valence-corrected chi connectivity index (χ3v) is 4.17. The van der Waals surface area contributed by atoms with Crippen molar-refractivity contribution in [2.24, 2.45) is 0 Å². The van der Waals surface area contributed by atoms with Gasteiger partial charge in [-0.1, -0.05) is 31.2 Å². The lowest BCUT2D eigenvalue weighted by molar-refractivity contribution is -0.144. The van der Waals surface area contributed by atoms with Crippen LogP contribution in [0.25, 0.3) is 11.0 Å². The molecule has 0 aliphatic heterocycles. The Balaban J connectivity index is 1.74. The highest BCUT2D eigenvalue weighted by molar-refractivity contribution is 5.81. The van der Waals surface area contributed by atoms with Crippen LogP contribution in [0.4, 0.5) is 0 Å². The first-order valence-corrected chi connectivity index (χ1v) is 8.43. The highest BCUT2D eigenvalue weighted by Crippen LogP contribution is 2.20. The van der Waals surface area contributed by atoms with Gasteiger partial charge in [-0.2, -0.15) is 0 Å². The van der Waals surface area contributed by atoms with Gasteiger partial charge < -0.3 is 13.9 Å². The number of aryl methyl sites for hydroxylation is 1. The summed E-state index contributed by atoms with van der Waals surface area (Å²) in [4.78, 5) is 23.9. The minimum Gasteiger partial charge on any atom is -0.497 e. The number of benzene rings is 2. The number of hydrogen-bond donors (Lipinski definition) is 0. The van der Waals surface area contributed by atoms with Crippen LogP contribution in [0, 0.1) is 0 Å². The third kappa shape index (κ3) is 4.11. The molecule has 0 amide bonds. The zero-order valence-corrected chi connectivity index (χ0v) is 14.8. The van der Waals surface area contributed by atoms with Crippen molar-refractivity contribution in [2.75, 3.05) is 7.11 Å². The van der Waals surface area contributed by atoms with E-state index in [0.717, 1.165) is 22.9 Å². The van der Waals surface area contributed by atoms with Crippen LogP contribution in [-0.4, -0.2) is 13.1 Å². The quantitative estimate of drug-likeness (QED) is 0.500. The van der Waals surface area contributed by atoms with E-state index in [-0.39, 0.29) is 19.0 Å². The molecule has 3 aromatic rings. The molecule has 0 bridgehead atoms. The molecule has 3 rings (SSSR count). The summed E-state index contributed by atoms with van der Waals surface area (Å²) in [6.07, 6.45) is 0.982. The predicted molar refractivity (Wildman–Crippen MR) is 98.4 cm³/mol. The molecule has 0 aliphatic carbocycles. The summed E-state index contributed by atoms with van der Waals surface area (Å²) in [6.45, 7) is 2.06. The molecule has 0 saturated heterocycles. The fraction of sp³-hybridized carbons (Fsp3) is 0.238. The van der Waals surface area contributed by atoms with Gasteiger partial charge in [-0.15, -0.1) is 0 Å². The normalized spacial score (nSPS) is 10.7. The summed E-state index contributed by atoms with van der Waals surface area (Å²) in [5, 5.41) is 0.774. The van der Waals surface area contributed by atoms with E-state index in [2.05, 4.69) is 0 Å². The van der Waals surface area contributed by atoms with Crippen LogP contribution in [0.3, 0.4) is 0 Å². The van der Waals surface area contributed by atoms with Gasteiger partial charge >= 0.3 is 11.6 Å². The van der Waals surface area contributed by atoms with Crippen molar-refractivity contribution >= 4 is 16.9 Å². The van der Waals surface area contributed by atoms with Gasteiger partial charge in [-0.25, -0.2) is 4.79 Å². The van der Waals surface area contributed by atoms with Crippen molar-refractivity contribution < 1.29 is 18.7 Å². The molecule has 5 nitrogen and oxygen atoms in total. The Morgan fingerprint density at radius 1 is 1.08 bits per heavy atom. The Morgan fingerprint density at radius 2 is 1.92 bits per heavy atom. The third-order valence-electron chi connectivity index (χ3n) is 4.17. The average Bonchev–Trinajstić information content (AvgIpc) is 2.65. The van der Waals surface area contributed by atoms with E-state index in [1.54, 1.807) is 13.2 Å². The number of hydrogen-bond acceptors (Lipinski definition) is 5. The molecule has 0 atom stereocenters. The monoisotopic (exact) mass is 352 g/mol. The first-order chi connectivity index (χ1) is 12.6. The molecule has 1 heterocycles. The second-order valence-electron chi connectivity index (χ2n) is 5.96. The van der Waals surface area contributed by atoms with Crippen molar-refractivity contribution in [2.45, 2.75) is 26.4 Å². The Bertz CT molecular complexity index is 987. The molecule has 5 heteroatoms. The second-order valence-corrected chi connectivity index (χ2v) is 5.96. The van der Waals surface area contributed by atoms with E-state index in [0.29, 0.717) is 16.9 Å². The second kappa shape index (κ2) is 7.87. The molecule has 0 radical (unpaired) electrons. The molecule has 134 valence electrons. The van der Waals surface area contributed by atoms with Gasteiger partial charge in [0.05, 0.1) is 13.5 Å². The molecule has 2 aromatic carbocycles. The molecule has 26 heavy (non-hydrogen) atoms. The molecular weight excluding hydrogens is 332 g/mol. The first-order valence-electron chi connectivity index (χ1n) is 8.43. The number of methoxy groups -OCH3 is 1. The molecule has 0 spiro atoms. The van der Waals surface area contributed by atoms with Crippen molar-refractivity contribution in [1.82, 2.24) is 0 Å². The van der Waals surface area contributed by atoms with Crippen molar-refractivity contribution in [1.29, 1.82) is 0 Å². The summed E-state index contributed by atoms with van der Waals surface area (Å²) in [5.74, 6) is 0.318. The number of esters is 1. The summed E-state index contributed by atoms with van der Waals surface area (Å²) < 4.78 is 15.8. The maximum atomic E-state index is 12.1. The fourth-order valence-corrected chi connectivity index (χ4v) is 2.77. The van der Waals surface area contributed by atoms with Crippen LogP contribution in [0.2, 0.25) is 0 Å². The van der Waals surface area contributed by atoms with Crippen LogP contribution in [-0.2, 0) is 29.0 Å². The molecule has 0 aliphatic rings. The van der Waals surface area contributed by atoms with Gasteiger partial charge in [0.1, 0.15) is 17.9 Å². The lowest BCUT2D eigenvalue weighted by atomic mass is 10.1. The topological polar surface area (TPSA) is 65.7 Å². The maximum absolute atomic E-state index is 12.1. The lowest BCUT2D eigenvalue weighted by Crippen LogP contribution is -2.10. The van der Waals surface area contributed by atoms with Crippen LogP contribution < -0.4 is 10.4 Å². The van der Waals surface area contributed by atoms with Crippen LogP contribution >= 0.6 is 0 Å². The Labute approximate surface area is 151 Å². The SMILES string of the molecule is CCc1ccc2c(COC(=O)Cc3cccc(OC)c3)cc(=O)oc2c1. The zero-order valence-electron chi connectivity index (χ0n) is 14.8. The molecule has 0 N–H and O–H groups in total. The summed E-state index contributed by atoms with van der Waals surface area (Å²) in [7, 11) is 1.58. The van der Waals surface area contributed by atoms with E-state index >= 15 is 0 Å². The summed E-state index contributed by atoms with van der Waals surface area (Å²) in [5.41, 5.74) is 2.57. The van der Waals surface area contributed by atoms with Gasteiger partial charge in [0.2, 0.25) is 0 Å². The predicted octanol–water partition coefficient (Wildman–Crippen LogP) is 3.65. The van der Waals surface area contributed by atoms with Crippen LogP contribution in [0.1, 0.15) is 23.6 Å². The minimum absolute atomic E-state index is 0.0242. The molecular formula is C21H20O5. The highest BCUT2D eigenvalue weighted by atomic mass is 16.5. The number of carbonyl (C=O) groups is 1. The molecule has 1 aromatic heterocycles. The number of rotatable bonds is 6. The Morgan fingerprint density at radius 3 is 2.69 bits per heavy atom. The first kappa shape index (κ1) is 17.7. The smallest absolute Gasteiger partial charge is 0.336 e. The number of carbonyl (C=O) groups excluding carboxylic acids is 1. The fourth-order valence-electron chi connectivity index (χ4n) is 2.77. The largest absolute Gasteiger partial charge is 0.497 e. The maximum Gasteiger partial charge on any atom is 0.336 e. The Kier molecular flexibility index (Phi) is 5.37. The van der Waals surface area contributed by atoms with Crippen molar-refractivity contribution in [3.8, 4) is 5.75 Å². The van der Waals surface area contributed by atoms with Gasteiger partial charge in [-0.05, 0) is 35.7 Å². The Hall–Kier alpha value is -3.08. The van der Waals surface area contributed by atoms with Crippen LogP contribution in [0.5, 0.6) is 5.75 Å². The molecule has 0 fully saturated rings. The molecule has 0 saturated carbocycles. The minimum atomic E-state index is -0.454. The van der Waals surface area contributed by atoms with Gasteiger partial charge in [-0.3, -0.25) is 4.79 Å². The highest BCUT2D eigenvalue weighted by Gasteiger charge is 2.10. The zero-order chi connectivity index (χ0) is 18.5. The summed E-state index contributed by atoms with van der Waals surface area (Å²) >= 11 is 0. The standard InChI is InChI=1S/C21H20O5/c1-3-14-7-8-18-16(12-21(23)26-19(18)10-14)13-25-20(22)11-15-5-4-6-17(9-15)24-2/h4-10,12H,3,11,13H2,1-2H3.